The first-order valence-corrected chi connectivity index (χ1v) is 8.77. The lowest BCUT2D eigenvalue weighted by molar-refractivity contribution is 0.606. The van der Waals surface area contributed by atoms with Gasteiger partial charge in [0.05, 0.1) is 14.9 Å². The number of hydrogen-bond donors (Lipinski definition) is 0. The highest BCUT2D eigenvalue weighted by molar-refractivity contribution is 8.15. The van der Waals surface area contributed by atoms with Crippen LogP contribution in [-0.2, 0) is 20.1 Å². The largest absolute Gasteiger partial charge is 0.229 e. The average Bonchev–Trinajstić information content (AvgIpc) is 2.32. The molecule has 0 aliphatic heterocycles. The van der Waals surface area contributed by atoms with Gasteiger partial charge < -0.3 is 0 Å². The molecule has 0 N–H and O–H groups in total. The Labute approximate surface area is 123 Å². The Hall–Kier alpha value is -0.560. The number of rotatable bonds is 4. The molecular formula is C11H12Cl2O4S2. The summed E-state index contributed by atoms with van der Waals surface area (Å²) in [5.41, 5.74) is 0. The Morgan fingerprint density at radius 3 is 2.32 bits per heavy atom. The highest BCUT2D eigenvalue weighted by Crippen LogP contribution is 2.26. The molecule has 1 aromatic carbocycles. The van der Waals surface area contributed by atoms with Gasteiger partial charge in [0.15, 0.2) is 4.20 Å². The molecule has 0 amide bonds. The molecule has 0 aliphatic rings. The van der Waals surface area contributed by atoms with Crippen LogP contribution < -0.4 is 0 Å². The molecule has 19 heavy (non-hydrogen) atoms. The number of hydrogen-bond acceptors (Lipinski definition) is 4. The fourth-order valence-electron chi connectivity index (χ4n) is 1.40. The predicted octanol–water partition coefficient (Wildman–Crippen LogP) is 2.97. The highest BCUT2D eigenvalue weighted by Gasteiger charge is 2.24. The molecule has 4 nitrogen and oxygen atoms in total. The summed E-state index contributed by atoms with van der Waals surface area (Å²) in [4.78, 5) is -0.169. The Morgan fingerprint density at radius 1 is 1.21 bits per heavy atom. The van der Waals surface area contributed by atoms with E-state index in [1.165, 1.54) is 12.1 Å². The van der Waals surface area contributed by atoms with E-state index in [0.29, 0.717) is 12.8 Å². The fourth-order valence-corrected chi connectivity index (χ4v) is 4.28. The number of unbranched alkanes of at least 4 members (excludes halogenated alkanes) is 1. The van der Waals surface area contributed by atoms with Crippen molar-refractivity contribution >= 4 is 47.5 Å². The third-order valence-electron chi connectivity index (χ3n) is 2.42. The average molecular weight is 343 g/mol. The molecule has 106 valence electrons. The molecule has 0 unspecified atom stereocenters. The zero-order valence-corrected chi connectivity index (χ0v) is 13.2. The second-order valence-electron chi connectivity index (χ2n) is 3.79. The van der Waals surface area contributed by atoms with Crippen LogP contribution in [0.1, 0.15) is 26.2 Å². The summed E-state index contributed by atoms with van der Waals surface area (Å²) < 4.78 is 46.1. The van der Waals surface area contributed by atoms with Crippen molar-refractivity contribution in [3.05, 3.63) is 28.2 Å². The lowest BCUT2D eigenvalue weighted by Crippen LogP contribution is -2.16. The standard InChI is InChI=1S/C11H12Cl2O4S2/c1-2-3-4-11(18(14)15)19(16,17)8-5-6-9(12)10(13)7-8/h5-7H,2-4H2,1H3. The van der Waals surface area contributed by atoms with E-state index < -0.39 is 24.3 Å². The van der Waals surface area contributed by atoms with Crippen molar-refractivity contribution < 1.29 is 16.8 Å². The van der Waals surface area contributed by atoms with Crippen molar-refractivity contribution in [3.8, 4) is 0 Å². The van der Waals surface area contributed by atoms with E-state index in [9.17, 15) is 16.8 Å². The molecule has 0 atom stereocenters. The van der Waals surface area contributed by atoms with Crippen LogP contribution in [0.15, 0.2) is 23.1 Å². The minimum absolute atomic E-state index is 0.0187. The maximum absolute atomic E-state index is 12.2. The van der Waals surface area contributed by atoms with E-state index >= 15 is 0 Å². The number of sulfone groups is 1. The van der Waals surface area contributed by atoms with E-state index in [4.69, 9.17) is 23.2 Å². The fraction of sp³-hybridized carbons (Fsp3) is 0.364. The predicted molar refractivity (Wildman–Crippen MR) is 77.1 cm³/mol. The molecule has 0 aliphatic carbocycles. The zero-order chi connectivity index (χ0) is 14.6. The van der Waals surface area contributed by atoms with Gasteiger partial charge in [-0.2, -0.15) is 8.42 Å². The normalized spacial score (nSPS) is 11.3. The molecule has 8 heteroatoms. The second-order valence-corrected chi connectivity index (χ2v) is 7.80. The van der Waals surface area contributed by atoms with E-state index in [1.807, 2.05) is 6.92 Å². The minimum atomic E-state index is -4.05. The first-order chi connectivity index (χ1) is 8.80. The van der Waals surface area contributed by atoms with E-state index in [1.54, 1.807) is 0 Å². The van der Waals surface area contributed by atoms with Crippen LogP contribution in [0.4, 0.5) is 0 Å². The highest BCUT2D eigenvalue weighted by atomic mass is 35.5. The van der Waals surface area contributed by atoms with Gasteiger partial charge in [-0.15, -0.1) is 0 Å². The minimum Gasteiger partial charge on any atom is -0.218 e. The third kappa shape index (κ3) is 3.95. The summed E-state index contributed by atoms with van der Waals surface area (Å²) in [5, 5.41) is 0.272. The number of halogens is 2. The second kappa shape index (κ2) is 6.74. The smallest absolute Gasteiger partial charge is 0.218 e. The van der Waals surface area contributed by atoms with Gasteiger partial charge in [-0.25, -0.2) is 8.42 Å². The van der Waals surface area contributed by atoms with Crippen LogP contribution in [0.5, 0.6) is 0 Å². The van der Waals surface area contributed by atoms with Crippen molar-refractivity contribution in [1.29, 1.82) is 0 Å². The quantitative estimate of drug-likeness (QED) is 0.788. The Kier molecular flexibility index (Phi) is 5.85. The van der Waals surface area contributed by atoms with Crippen LogP contribution in [0.3, 0.4) is 0 Å². The first-order valence-electron chi connectivity index (χ1n) is 5.46. The molecule has 0 radical (unpaired) electrons. The SMILES string of the molecule is CCCCC(=S(=O)=O)S(=O)(=O)c1ccc(Cl)c(Cl)c1. The molecule has 0 spiro atoms. The molecule has 0 saturated heterocycles. The molecule has 0 bridgehead atoms. The molecule has 1 aromatic rings. The summed E-state index contributed by atoms with van der Waals surface area (Å²) in [6.07, 6.45) is 1.15. The lowest BCUT2D eigenvalue weighted by atomic mass is 10.3. The van der Waals surface area contributed by atoms with Crippen LogP contribution in [0.2, 0.25) is 10.0 Å². The monoisotopic (exact) mass is 342 g/mol. The number of benzene rings is 1. The Morgan fingerprint density at radius 2 is 1.84 bits per heavy atom. The van der Waals surface area contributed by atoms with Crippen molar-refractivity contribution in [2.24, 2.45) is 0 Å². The van der Waals surface area contributed by atoms with Gasteiger partial charge in [0.2, 0.25) is 20.1 Å². The molecule has 0 heterocycles. The van der Waals surface area contributed by atoms with Crippen LogP contribution in [0, 0.1) is 0 Å². The van der Waals surface area contributed by atoms with Gasteiger partial charge in [0.1, 0.15) is 0 Å². The molecular weight excluding hydrogens is 331 g/mol. The molecule has 0 aromatic heterocycles. The maximum atomic E-state index is 12.2. The summed E-state index contributed by atoms with van der Waals surface area (Å²) in [6, 6.07) is 3.71. The van der Waals surface area contributed by atoms with Crippen molar-refractivity contribution in [3.63, 3.8) is 0 Å². The van der Waals surface area contributed by atoms with E-state index in [-0.39, 0.29) is 21.4 Å². The summed E-state index contributed by atoms with van der Waals surface area (Å²) in [5.74, 6) is 0. The van der Waals surface area contributed by atoms with Gasteiger partial charge in [-0.1, -0.05) is 36.5 Å². The molecule has 0 fully saturated rings. The van der Waals surface area contributed by atoms with Crippen molar-refractivity contribution in [2.45, 2.75) is 31.1 Å². The summed E-state index contributed by atoms with van der Waals surface area (Å²) >= 11 is 11.5. The molecule has 1 rings (SSSR count). The van der Waals surface area contributed by atoms with Gasteiger partial charge in [-0.3, -0.25) is 0 Å². The van der Waals surface area contributed by atoms with E-state index in [2.05, 4.69) is 0 Å². The van der Waals surface area contributed by atoms with Gasteiger partial charge in [0, 0.05) is 0 Å². The van der Waals surface area contributed by atoms with Crippen LogP contribution in [-0.4, -0.2) is 21.0 Å². The van der Waals surface area contributed by atoms with Crippen molar-refractivity contribution in [1.82, 2.24) is 0 Å². The molecule has 0 saturated carbocycles. The lowest BCUT2D eigenvalue weighted by Gasteiger charge is -2.06. The Bertz CT molecular complexity index is 698. The summed E-state index contributed by atoms with van der Waals surface area (Å²) in [7, 11) is -6.84. The van der Waals surface area contributed by atoms with Crippen LogP contribution in [0.25, 0.3) is 0 Å². The van der Waals surface area contributed by atoms with Gasteiger partial charge >= 0.3 is 0 Å². The zero-order valence-electron chi connectivity index (χ0n) is 10.1. The van der Waals surface area contributed by atoms with E-state index in [0.717, 1.165) is 6.07 Å². The van der Waals surface area contributed by atoms with Gasteiger partial charge in [-0.05, 0) is 31.0 Å². The third-order valence-corrected chi connectivity index (χ3v) is 6.48. The summed E-state index contributed by atoms with van der Waals surface area (Å²) in [6.45, 7) is 1.84. The first kappa shape index (κ1) is 16.5. The van der Waals surface area contributed by atoms with Crippen molar-refractivity contribution in [2.75, 3.05) is 0 Å². The van der Waals surface area contributed by atoms with Gasteiger partial charge in [0.25, 0.3) is 0 Å². The van der Waals surface area contributed by atoms with Crippen LogP contribution >= 0.6 is 23.2 Å². The Balaban J connectivity index is 3.36. The maximum Gasteiger partial charge on any atom is 0.229 e. The topological polar surface area (TPSA) is 68.3 Å².